The first-order chi connectivity index (χ1) is 4.52. The summed E-state index contributed by atoms with van der Waals surface area (Å²) in [4.78, 5) is 0. The second-order valence-electron chi connectivity index (χ2n) is 3.52. The van der Waals surface area contributed by atoms with Gasteiger partial charge in [0.2, 0.25) is 0 Å². The second kappa shape index (κ2) is 3.60. The predicted molar refractivity (Wildman–Crippen MR) is 48.0 cm³/mol. The largest absolute Gasteiger partial charge is 0.0988 e. The smallest absolute Gasteiger partial charge is 0.0135 e. The van der Waals surface area contributed by atoms with E-state index in [1.165, 1.54) is 5.57 Å². The van der Waals surface area contributed by atoms with Crippen LogP contribution in [0.15, 0.2) is 24.3 Å². The summed E-state index contributed by atoms with van der Waals surface area (Å²) in [5, 5.41) is 0. The average Bonchev–Trinajstić information content (AvgIpc) is 1.80. The molecule has 0 heterocycles. The highest BCUT2D eigenvalue weighted by Gasteiger charge is 2.12. The fourth-order valence-corrected chi connectivity index (χ4v) is 0.916. The quantitative estimate of drug-likeness (QED) is 0.512. The molecule has 58 valence electrons. The molecule has 0 N–H and O–H groups in total. The van der Waals surface area contributed by atoms with Gasteiger partial charge in [-0.3, -0.25) is 0 Å². The van der Waals surface area contributed by atoms with Gasteiger partial charge >= 0.3 is 0 Å². The van der Waals surface area contributed by atoms with Crippen molar-refractivity contribution in [3.05, 3.63) is 24.3 Å². The first-order valence-electron chi connectivity index (χ1n) is 3.85. The summed E-state index contributed by atoms with van der Waals surface area (Å²) in [6.07, 6.45) is 5.27. The number of allylic oxidation sites excluding steroid dienone is 3. The lowest BCUT2D eigenvalue weighted by atomic mass is 9.86. The van der Waals surface area contributed by atoms with Crippen LogP contribution in [-0.2, 0) is 0 Å². The molecule has 0 atom stereocenters. The molecule has 0 heteroatoms. The van der Waals surface area contributed by atoms with Crippen molar-refractivity contribution in [3.63, 3.8) is 0 Å². The van der Waals surface area contributed by atoms with Gasteiger partial charge in [-0.2, -0.15) is 0 Å². The van der Waals surface area contributed by atoms with E-state index in [0.717, 1.165) is 6.42 Å². The third-order valence-electron chi connectivity index (χ3n) is 1.51. The molecule has 0 nitrogen and oxygen atoms in total. The molecule has 0 bridgehead atoms. The van der Waals surface area contributed by atoms with Crippen LogP contribution in [0, 0.1) is 5.41 Å². The Morgan fingerprint density at radius 2 is 1.90 bits per heavy atom. The Labute approximate surface area is 64.6 Å². The first-order valence-corrected chi connectivity index (χ1v) is 3.85. The Morgan fingerprint density at radius 3 is 2.00 bits per heavy atom. The minimum Gasteiger partial charge on any atom is -0.0988 e. The predicted octanol–water partition coefficient (Wildman–Crippen LogP) is 3.55. The second-order valence-corrected chi connectivity index (χ2v) is 3.52. The van der Waals surface area contributed by atoms with Gasteiger partial charge in [-0.25, -0.2) is 0 Å². The molecule has 0 saturated heterocycles. The lowest BCUT2D eigenvalue weighted by Gasteiger charge is -2.19. The third-order valence-corrected chi connectivity index (χ3v) is 1.51. The van der Waals surface area contributed by atoms with E-state index in [1.54, 1.807) is 0 Å². The summed E-state index contributed by atoms with van der Waals surface area (Å²) in [7, 11) is 0. The van der Waals surface area contributed by atoms with Crippen LogP contribution >= 0.6 is 0 Å². The fourth-order valence-electron chi connectivity index (χ4n) is 0.916. The van der Waals surface area contributed by atoms with Gasteiger partial charge in [0.1, 0.15) is 0 Å². The van der Waals surface area contributed by atoms with E-state index in [1.807, 2.05) is 6.08 Å². The number of hydrogen-bond acceptors (Lipinski definition) is 0. The molecule has 0 aromatic carbocycles. The minimum atomic E-state index is 0.262. The summed E-state index contributed by atoms with van der Waals surface area (Å²) in [6, 6.07) is 0. The molecular formula is C10H18. The van der Waals surface area contributed by atoms with Crippen LogP contribution in [0.2, 0.25) is 0 Å². The summed E-state index contributed by atoms with van der Waals surface area (Å²) in [5.74, 6) is 0. The van der Waals surface area contributed by atoms with Gasteiger partial charge in [0.15, 0.2) is 0 Å². The first kappa shape index (κ1) is 9.48. The SMILES string of the molecule is C=C/C(=C\CC)C(C)(C)C. The van der Waals surface area contributed by atoms with Gasteiger partial charge in [0, 0.05) is 0 Å². The van der Waals surface area contributed by atoms with Gasteiger partial charge in [-0.15, -0.1) is 0 Å². The third kappa shape index (κ3) is 2.86. The molecule has 0 aliphatic carbocycles. The fraction of sp³-hybridized carbons (Fsp3) is 0.600. The maximum atomic E-state index is 3.78. The molecule has 0 amide bonds. The Kier molecular flexibility index (Phi) is 3.41. The normalized spacial score (nSPS) is 13.4. The van der Waals surface area contributed by atoms with E-state index in [4.69, 9.17) is 0 Å². The van der Waals surface area contributed by atoms with E-state index < -0.39 is 0 Å². The Morgan fingerprint density at radius 1 is 1.40 bits per heavy atom. The van der Waals surface area contributed by atoms with Crippen molar-refractivity contribution in [2.75, 3.05) is 0 Å². The summed E-state index contributed by atoms with van der Waals surface area (Å²) >= 11 is 0. The van der Waals surface area contributed by atoms with Crippen molar-refractivity contribution < 1.29 is 0 Å². The van der Waals surface area contributed by atoms with E-state index in [9.17, 15) is 0 Å². The highest BCUT2D eigenvalue weighted by Crippen LogP contribution is 2.25. The van der Waals surface area contributed by atoms with Crippen molar-refractivity contribution >= 4 is 0 Å². The molecule has 0 rings (SSSR count). The molecule has 10 heavy (non-hydrogen) atoms. The summed E-state index contributed by atoms with van der Waals surface area (Å²) in [6.45, 7) is 12.5. The molecule has 0 radical (unpaired) electrons. The Hall–Kier alpha value is -0.520. The zero-order chi connectivity index (χ0) is 8.20. The van der Waals surface area contributed by atoms with E-state index in [0.29, 0.717) is 0 Å². The highest BCUT2D eigenvalue weighted by molar-refractivity contribution is 5.22. The Bertz CT molecular complexity index is 133. The van der Waals surface area contributed by atoms with E-state index in [-0.39, 0.29) is 5.41 Å². The van der Waals surface area contributed by atoms with Crippen LogP contribution in [0.25, 0.3) is 0 Å². The van der Waals surface area contributed by atoms with E-state index in [2.05, 4.69) is 40.3 Å². The number of hydrogen-bond donors (Lipinski definition) is 0. The zero-order valence-electron chi connectivity index (χ0n) is 7.57. The molecule has 0 aromatic heterocycles. The number of rotatable bonds is 2. The highest BCUT2D eigenvalue weighted by atomic mass is 14.2. The summed E-state index contributed by atoms with van der Waals surface area (Å²) < 4.78 is 0. The molecule has 0 saturated carbocycles. The van der Waals surface area contributed by atoms with Gasteiger partial charge in [-0.1, -0.05) is 46.4 Å². The van der Waals surface area contributed by atoms with Crippen LogP contribution in [0.3, 0.4) is 0 Å². The van der Waals surface area contributed by atoms with E-state index >= 15 is 0 Å². The van der Waals surface area contributed by atoms with Crippen molar-refractivity contribution in [1.29, 1.82) is 0 Å². The maximum absolute atomic E-state index is 3.78. The van der Waals surface area contributed by atoms with Crippen molar-refractivity contribution in [2.24, 2.45) is 5.41 Å². The van der Waals surface area contributed by atoms with Crippen LogP contribution in [0.1, 0.15) is 34.1 Å². The monoisotopic (exact) mass is 138 g/mol. The minimum absolute atomic E-state index is 0.262. The molecule has 0 unspecified atom stereocenters. The Balaban J connectivity index is 4.36. The molecule has 0 fully saturated rings. The molecule has 0 spiro atoms. The topological polar surface area (TPSA) is 0 Å². The van der Waals surface area contributed by atoms with Gasteiger partial charge in [-0.05, 0) is 17.4 Å². The van der Waals surface area contributed by atoms with Gasteiger partial charge in [0.25, 0.3) is 0 Å². The van der Waals surface area contributed by atoms with Crippen LogP contribution in [0.5, 0.6) is 0 Å². The van der Waals surface area contributed by atoms with Crippen LogP contribution in [0.4, 0.5) is 0 Å². The van der Waals surface area contributed by atoms with Crippen molar-refractivity contribution in [1.82, 2.24) is 0 Å². The summed E-state index contributed by atoms with van der Waals surface area (Å²) in [5.41, 5.74) is 1.60. The molecule has 0 aliphatic rings. The zero-order valence-corrected chi connectivity index (χ0v) is 7.57. The van der Waals surface area contributed by atoms with Crippen molar-refractivity contribution in [2.45, 2.75) is 34.1 Å². The van der Waals surface area contributed by atoms with Crippen LogP contribution < -0.4 is 0 Å². The lowest BCUT2D eigenvalue weighted by molar-refractivity contribution is 0.515. The molecular weight excluding hydrogens is 120 g/mol. The van der Waals surface area contributed by atoms with Crippen molar-refractivity contribution in [3.8, 4) is 0 Å². The standard InChI is InChI=1S/C10H18/c1-6-8-9(7-2)10(3,4)5/h7-8H,2,6H2,1,3-5H3/b9-8+. The average molecular weight is 138 g/mol. The lowest BCUT2D eigenvalue weighted by Crippen LogP contribution is -2.06. The maximum Gasteiger partial charge on any atom is -0.0135 e. The van der Waals surface area contributed by atoms with Crippen LogP contribution in [-0.4, -0.2) is 0 Å². The van der Waals surface area contributed by atoms with Gasteiger partial charge in [0.05, 0.1) is 0 Å². The molecule has 0 aliphatic heterocycles. The van der Waals surface area contributed by atoms with Gasteiger partial charge < -0.3 is 0 Å². The molecule has 0 aromatic rings.